The second-order valence-corrected chi connectivity index (χ2v) is 8.56. The Kier molecular flexibility index (Phi) is 4.33. The lowest BCUT2D eigenvalue weighted by Gasteiger charge is -2.44. The maximum atomic E-state index is 11.7. The molecule has 7 heteroatoms. The van der Waals surface area contributed by atoms with E-state index in [1.165, 1.54) is 11.3 Å². The summed E-state index contributed by atoms with van der Waals surface area (Å²) in [5.74, 6) is -0.171. The zero-order valence-corrected chi connectivity index (χ0v) is 15.3. The van der Waals surface area contributed by atoms with E-state index < -0.39 is 5.97 Å². The molecule has 1 spiro atoms. The van der Waals surface area contributed by atoms with E-state index in [9.17, 15) is 14.7 Å². The molecule has 0 radical (unpaired) electrons. The second kappa shape index (κ2) is 6.37. The number of ether oxygens (including phenoxy) is 1. The molecule has 1 atom stereocenters. The predicted octanol–water partition coefficient (Wildman–Crippen LogP) is 1.79. The Hall–Kier alpha value is -1.44. The van der Waals surface area contributed by atoms with E-state index in [-0.39, 0.29) is 11.5 Å². The number of carbonyl (C=O) groups excluding carboxylic acids is 1. The van der Waals surface area contributed by atoms with E-state index in [1.54, 1.807) is 0 Å². The Morgan fingerprint density at radius 1 is 1.44 bits per heavy atom. The number of thiophene rings is 1. The van der Waals surface area contributed by atoms with Crippen LogP contribution in [0.2, 0.25) is 0 Å². The summed E-state index contributed by atoms with van der Waals surface area (Å²) in [4.78, 5) is 28.8. The van der Waals surface area contributed by atoms with Gasteiger partial charge in [0.15, 0.2) is 0 Å². The highest BCUT2D eigenvalue weighted by Gasteiger charge is 2.43. The number of nitrogens with zero attached hydrogens (tertiary/aromatic N) is 2. The Labute approximate surface area is 151 Å². The monoisotopic (exact) mass is 364 g/mol. The van der Waals surface area contributed by atoms with Crippen molar-refractivity contribution in [1.82, 2.24) is 9.80 Å². The zero-order valence-electron chi connectivity index (χ0n) is 14.5. The van der Waals surface area contributed by atoms with Gasteiger partial charge in [0.2, 0.25) is 5.91 Å². The van der Waals surface area contributed by atoms with E-state index in [2.05, 4.69) is 4.90 Å². The van der Waals surface area contributed by atoms with Crippen molar-refractivity contribution in [2.45, 2.75) is 31.3 Å². The fourth-order valence-corrected chi connectivity index (χ4v) is 5.69. The van der Waals surface area contributed by atoms with Gasteiger partial charge in [-0.15, -0.1) is 11.3 Å². The molecule has 1 aromatic heterocycles. The first kappa shape index (κ1) is 17.0. The highest BCUT2D eigenvalue weighted by molar-refractivity contribution is 7.14. The molecule has 2 fully saturated rings. The minimum absolute atomic E-state index is 0.249. The van der Waals surface area contributed by atoms with Crippen LogP contribution in [0.4, 0.5) is 0 Å². The summed E-state index contributed by atoms with van der Waals surface area (Å²) < 4.78 is 6.21. The van der Waals surface area contributed by atoms with Crippen LogP contribution in [0.3, 0.4) is 0 Å². The zero-order chi connectivity index (χ0) is 17.6. The van der Waals surface area contributed by atoms with Crippen LogP contribution in [-0.2, 0) is 21.6 Å². The van der Waals surface area contributed by atoms with Gasteiger partial charge in [-0.05, 0) is 36.8 Å². The van der Waals surface area contributed by atoms with Crippen molar-refractivity contribution in [2.24, 2.45) is 5.92 Å². The van der Waals surface area contributed by atoms with E-state index in [0.717, 1.165) is 55.9 Å². The maximum Gasteiger partial charge on any atom is 0.345 e. The summed E-state index contributed by atoms with van der Waals surface area (Å²) in [6.45, 7) is 4.37. The highest BCUT2D eigenvalue weighted by Crippen LogP contribution is 2.45. The number of amides is 1. The lowest BCUT2D eigenvalue weighted by atomic mass is 9.85. The first-order valence-electron chi connectivity index (χ1n) is 8.93. The van der Waals surface area contributed by atoms with Gasteiger partial charge in [0.1, 0.15) is 10.5 Å². The van der Waals surface area contributed by atoms with Gasteiger partial charge in [0, 0.05) is 44.5 Å². The SMILES string of the molecule is CN1CC(CN2CCC3(CC2)OCCc2cc(C(=O)O)sc23)CC1=O. The number of carboxylic acid groups (broad SMARTS) is 1. The van der Waals surface area contributed by atoms with Crippen molar-refractivity contribution in [3.05, 3.63) is 21.4 Å². The molecule has 25 heavy (non-hydrogen) atoms. The van der Waals surface area contributed by atoms with Crippen molar-refractivity contribution in [3.8, 4) is 0 Å². The third kappa shape index (κ3) is 3.09. The molecule has 0 aromatic carbocycles. The van der Waals surface area contributed by atoms with Gasteiger partial charge >= 0.3 is 5.97 Å². The Balaban J connectivity index is 1.43. The first-order chi connectivity index (χ1) is 12.0. The maximum absolute atomic E-state index is 11.7. The number of fused-ring (bicyclic) bond motifs is 2. The molecule has 1 unspecified atom stereocenters. The Morgan fingerprint density at radius 3 is 2.84 bits per heavy atom. The first-order valence-corrected chi connectivity index (χ1v) is 9.75. The average Bonchev–Trinajstić information content (AvgIpc) is 3.15. The topological polar surface area (TPSA) is 70.1 Å². The van der Waals surface area contributed by atoms with Gasteiger partial charge in [0.05, 0.1) is 6.61 Å². The van der Waals surface area contributed by atoms with Crippen molar-refractivity contribution in [1.29, 1.82) is 0 Å². The molecule has 1 aromatic rings. The van der Waals surface area contributed by atoms with Crippen LogP contribution in [0, 0.1) is 5.92 Å². The summed E-state index contributed by atoms with van der Waals surface area (Å²) in [6.07, 6.45) is 3.26. The minimum atomic E-state index is -0.845. The molecule has 4 heterocycles. The number of aromatic carboxylic acids is 1. The number of carboxylic acids is 1. The molecule has 6 nitrogen and oxygen atoms in total. The van der Waals surface area contributed by atoms with Crippen LogP contribution < -0.4 is 0 Å². The van der Waals surface area contributed by atoms with Gasteiger partial charge < -0.3 is 19.6 Å². The van der Waals surface area contributed by atoms with Crippen molar-refractivity contribution in [2.75, 3.05) is 39.8 Å². The number of hydrogen-bond acceptors (Lipinski definition) is 5. The molecule has 2 saturated heterocycles. The van der Waals surface area contributed by atoms with E-state index in [1.807, 2.05) is 18.0 Å². The normalized spacial score (nSPS) is 26.2. The molecular formula is C18H24N2O4S. The smallest absolute Gasteiger partial charge is 0.345 e. The summed E-state index contributed by atoms with van der Waals surface area (Å²) in [6, 6.07) is 1.83. The molecule has 0 aliphatic carbocycles. The standard InChI is InChI=1S/C18H24N2O4S/c1-19-10-12(8-15(19)21)11-20-5-3-18(4-6-20)16-13(2-7-24-18)9-14(25-16)17(22)23/h9,12H,2-8,10-11H2,1H3,(H,22,23). The van der Waals surface area contributed by atoms with Crippen LogP contribution in [0.5, 0.6) is 0 Å². The Morgan fingerprint density at radius 2 is 2.20 bits per heavy atom. The lowest BCUT2D eigenvalue weighted by molar-refractivity contribution is -0.126. The number of rotatable bonds is 3. The van der Waals surface area contributed by atoms with Gasteiger partial charge in [0.25, 0.3) is 0 Å². The van der Waals surface area contributed by atoms with E-state index >= 15 is 0 Å². The molecule has 136 valence electrons. The molecule has 0 bridgehead atoms. The molecule has 3 aliphatic heterocycles. The summed E-state index contributed by atoms with van der Waals surface area (Å²) in [5, 5.41) is 9.29. The molecule has 4 rings (SSSR count). The molecule has 1 N–H and O–H groups in total. The molecular weight excluding hydrogens is 340 g/mol. The van der Waals surface area contributed by atoms with Crippen molar-refractivity contribution >= 4 is 23.2 Å². The molecule has 1 amide bonds. The number of likely N-dealkylation sites (tertiary alicyclic amines) is 2. The summed E-state index contributed by atoms with van der Waals surface area (Å²) >= 11 is 1.39. The average molecular weight is 364 g/mol. The van der Waals surface area contributed by atoms with Gasteiger partial charge in [-0.1, -0.05) is 0 Å². The van der Waals surface area contributed by atoms with E-state index in [0.29, 0.717) is 23.8 Å². The number of hydrogen-bond donors (Lipinski definition) is 1. The van der Waals surface area contributed by atoms with Crippen LogP contribution in [0.1, 0.15) is 39.4 Å². The number of piperidine rings is 1. The van der Waals surface area contributed by atoms with Crippen LogP contribution in [0.25, 0.3) is 0 Å². The number of carbonyl (C=O) groups is 2. The summed E-state index contributed by atoms with van der Waals surface area (Å²) in [7, 11) is 1.88. The summed E-state index contributed by atoms with van der Waals surface area (Å²) in [5.41, 5.74) is 0.857. The Bertz CT molecular complexity index is 693. The van der Waals surface area contributed by atoms with Crippen LogP contribution >= 0.6 is 11.3 Å². The van der Waals surface area contributed by atoms with Gasteiger partial charge in [-0.3, -0.25) is 4.79 Å². The van der Waals surface area contributed by atoms with Gasteiger partial charge in [-0.25, -0.2) is 4.79 Å². The quantitative estimate of drug-likeness (QED) is 0.885. The second-order valence-electron chi connectivity index (χ2n) is 7.51. The minimum Gasteiger partial charge on any atom is -0.477 e. The third-order valence-electron chi connectivity index (χ3n) is 5.78. The van der Waals surface area contributed by atoms with Crippen molar-refractivity contribution in [3.63, 3.8) is 0 Å². The third-order valence-corrected chi connectivity index (χ3v) is 7.14. The fraction of sp³-hybridized carbons (Fsp3) is 0.667. The van der Waals surface area contributed by atoms with Gasteiger partial charge in [-0.2, -0.15) is 0 Å². The molecule has 3 aliphatic rings. The lowest BCUT2D eigenvalue weighted by Crippen LogP contribution is -2.47. The van der Waals surface area contributed by atoms with Crippen molar-refractivity contribution < 1.29 is 19.4 Å². The highest BCUT2D eigenvalue weighted by atomic mass is 32.1. The largest absolute Gasteiger partial charge is 0.477 e. The predicted molar refractivity (Wildman–Crippen MR) is 94.0 cm³/mol. The van der Waals surface area contributed by atoms with Crippen LogP contribution in [0.15, 0.2) is 6.07 Å². The van der Waals surface area contributed by atoms with Crippen LogP contribution in [-0.4, -0.2) is 66.6 Å². The molecule has 0 saturated carbocycles. The fourth-order valence-electron chi connectivity index (χ4n) is 4.44. The van der Waals surface area contributed by atoms with E-state index in [4.69, 9.17) is 4.74 Å².